The van der Waals surface area contributed by atoms with Gasteiger partial charge in [0.05, 0.1) is 11.8 Å². The second-order valence-electron chi connectivity index (χ2n) is 6.88. The van der Waals surface area contributed by atoms with Gasteiger partial charge in [-0.05, 0) is 37.8 Å². The fraction of sp³-hybridized carbons (Fsp3) is 0.500. The zero-order valence-electron chi connectivity index (χ0n) is 13.1. The van der Waals surface area contributed by atoms with Crippen molar-refractivity contribution in [1.29, 1.82) is 0 Å². The summed E-state index contributed by atoms with van der Waals surface area (Å²) in [5.74, 6) is -1.67. The second-order valence-corrected chi connectivity index (χ2v) is 7.31. The third-order valence-corrected chi connectivity index (χ3v) is 5.76. The van der Waals surface area contributed by atoms with E-state index in [0.29, 0.717) is 10.6 Å². The lowest BCUT2D eigenvalue weighted by Crippen LogP contribution is -2.36. The van der Waals surface area contributed by atoms with E-state index < -0.39 is 23.9 Å². The molecule has 126 valence electrons. The predicted octanol–water partition coefficient (Wildman–Crippen LogP) is 2.65. The van der Waals surface area contributed by atoms with Gasteiger partial charge < -0.3 is 9.47 Å². The Morgan fingerprint density at radius 1 is 1.33 bits per heavy atom. The highest BCUT2D eigenvalue weighted by molar-refractivity contribution is 6.31. The first kappa shape index (κ1) is 15.6. The van der Waals surface area contributed by atoms with Gasteiger partial charge >= 0.3 is 11.9 Å². The van der Waals surface area contributed by atoms with Gasteiger partial charge in [0.15, 0.2) is 6.10 Å². The summed E-state index contributed by atoms with van der Waals surface area (Å²) >= 11 is 5.89. The van der Waals surface area contributed by atoms with Crippen LogP contribution in [0.2, 0.25) is 5.02 Å². The highest BCUT2D eigenvalue weighted by Crippen LogP contribution is 2.58. The first-order chi connectivity index (χ1) is 11.5. The van der Waals surface area contributed by atoms with Crippen molar-refractivity contribution in [2.24, 2.45) is 23.7 Å². The summed E-state index contributed by atoms with van der Waals surface area (Å²) in [7, 11) is 0. The zero-order chi connectivity index (χ0) is 17.0. The van der Waals surface area contributed by atoms with Crippen molar-refractivity contribution in [3.63, 3.8) is 0 Å². The van der Waals surface area contributed by atoms with E-state index in [4.69, 9.17) is 21.1 Å². The van der Waals surface area contributed by atoms with Crippen LogP contribution >= 0.6 is 11.6 Å². The van der Waals surface area contributed by atoms with Crippen molar-refractivity contribution in [2.75, 3.05) is 0 Å². The topological polar surface area (TPSA) is 69.7 Å². The van der Waals surface area contributed by atoms with Crippen molar-refractivity contribution in [1.82, 2.24) is 0 Å². The molecule has 1 heterocycles. The van der Waals surface area contributed by atoms with Gasteiger partial charge in [0.25, 0.3) is 0 Å². The van der Waals surface area contributed by atoms with Gasteiger partial charge in [-0.2, -0.15) is 0 Å². The molecule has 0 amide bonds. The molecule has 2 bridgehead atoms. The quantitative estimate of drug-likeness (QED) is 0.618. The maximum atomic E-state index is 12.6. The lowest BCUT2D eigenvalue weighted by atomic mass is 9.80. The maximum Gasteiger partial charge on any atom is 0.310 e. The van der Waals surface area contributed by atoms with Gasteiger partial charge in [0, 0.05) is 16.5 Å². The van der Waals surface area contributed by atoms with E-state index in [9.17, 15) is 14.4 Å². The molecule has 0 spiro atoms. The molecule has 0 aromatic heterocycles. The van der Waals surface area contributed by atoms with Crippen LogP contribution in [0.1, 0.15) is 30.1 Å². The summed E-state index contributed by atoms with van der Waals surface area (Å²) in [6.45, 7) is 1.55. The van der Waals surface area contributed by atoms with Gasteiger partial charge in [-0.15, -0.1) is 0 Å². The van der Waals surface area contributed by atoms with Crippen molar-refractivity contribution in [3.8, 4) is 0 Å². The molecule has 3 fully saturated rings. The first-order valence-electron chi connectivity index (χ1n) is 8.16. The standard InChI is InChI=1S/C18H17ClO5/c1-8(16(20)9-3-2-4-11(19)5-9)23-17(21)14-10-6-12-13(7-10)24-18(22)15(12)14/h2-5,8,10,12-15H,6-7H2,1H3/t8-,10-,12+,13-,14-,15+/m1/s1. The molecule has 0 radical (unpaired) electrons. The SMILES string of the molecule is C[C@@H](OC(=O)[C@@H]1[C@@H]2C[C@@H]3[C@@H]1C(=O)O[C@@H]3C2)C(=O)c1cccc(Cl)c1. The number of halogens is 1. The van der Waals surface area contributed by atoms with Crippen LogP contribution in [0.25, 0.3) is 0 Å². The van der Waals surface area contributed by atoms with Crippen LogP contribution in [0, 0.1) is 23.7 Å². The number of ketones is 1. The summed E-state index contributed by atoms with van der Waals surface area (Å²) < 4.78 is 10.7. The number of carbonyl (C=O) groups excluding carboxylic acids is 3. The van der Waals surface area contributed by atoms with Gasteiger partial charge in [-0.25, -0.2) is 0 Å². The number of fused-ring (bicyclic) bond motifs is 1. The molecule has 0 N–H and O–H groups in total. The lowest BCUT2D eigenvalue weighted by molar-refractivity contribution is -0.157. The van der Waals surface area contributed by atoms with E-state index in [1.807, 2.05) is 0 Å². The molecule has 6 atom stereocenters. The minimum atomic E-state index is -0.914. The fourth-order valence-electron chi connectivity index (χ4n) is 4.51. The maximum absolute atomic E-state index is 12.6. The molecule has 1 saturated heterocycles. The van der Waals surface area contributed by atoms with Gasteiger partial charge in [0.1, 0.15) is 6.10 Å². The molecule has 6 heteroatoms. The smallest absolute Gasteiger partial charge is 0.310 e. The van der Waals surface area contributed by atoms with Crippen molar-refractivity contribution < 1.29 is 23.9 Å². The number of hydrogen-bond acceptors (Lipinski definition) is 5. The van der Waals surface area contributed by atoms with Crippen LogP contribution in [0.4, 0.5) is 0 Å². The zero-order valence-corrected chi connectivity index (χ0v) is 13.9. The van der Waals surface area contributed by atoms with Crippen molar-refractivity contribution in [2.45, 2.75) is 32.0 Å². The largest absolute Gasteiger partial charge is 0.462 e. The molecule has 24 heavy (non-hydrogen) atoms. The van der Waals surface area contributed by atoms with Crippen LogP contribution in [-0.2, 0) is 19.1 Å². The van der Waals surface area contributed by atoms with Crippen molar-refractivity contribution >= 4 is 29.3 Å². The number of esters is 2. The van der Waals surface area contributed by atoms with Gasteiger partial charge in [-0.3, -0.25) is 14.4 Å². The Kier molecular flexibility index (Phi) is 3.64. The molecule has 1 aromatic carbocycles. The van der Waals surface area contributed by atoms with Crippen LogP contribution in [-0.4, -0.2) is 29.9 Å². The molecular formula is C18H17ClO5. The summed E-state index contributed by atoms with van der Waals surface area (Å²) in [6, 6.07) is 6.53. The number of rotatable bonds is 4. The third-order valence-electron chi connectivity index (χ3n) is 5.53. The minimum Gasteiger partial charge on any atom is -0.462 e. The predicted molar refractivity (Wildman–Crippen MR) is 84.4 cm³/mol. The van der Waals surface area contributed by atoms with E-state index in [1.165, 1.54) is 0 Å². The number of ether oxygens (including phenoxy) is 2. The Bertz CT molecular complexity index is 728. The average molecular weight is 349 g/mol. The van der Waals surface area contributed by atoms with Crippen LogP contribution < -0.4 is 0 Å². The van der Waals surface area contributed by atoms with E-state index in [2.05, 4.69) is 0 Å². The molecule has 5 nitrogen and oxygen atoms in total. The lowest BCUT2D eigenvalue weighted by Gasteiger charge is -2.24. The number of benzene rings is 1. The molecule has 2 saturated carbocycles. The molecule has 1 aliphatic heterocycles. The Balaban J connectivity index is 1.46. The average Bonchev–Trinajstić information content (AvgIpc) is 3.15. The number of hydrogen-bond donors (Lipinski definition) is 0. The van der Waals surface area contributed by atoms with Crippen molar-refractivity contribution in [3.05, 3.63) is 34.9 Å². The Hall–Kier alpha value is -1.88. The van der Waals surface area contributed by atoms with Crippen LogP contribution in [0.15, 0.2) is 24.3 Å². The monoisotopic (exact) mass is 348 g/mol. The summed E-state index contributed by atoms with van der Waals surface area (Å²) in [5.41, 5.74) is 0.399. The summed E-state index contributed by atoms with van der Waals surface area (Å²) in [4.78, 5) is 37.0. The van der Waals surface area contributed by atoms with Crippen LogP contribution in [0.5, 0.6) is 0 Å². The Labute approximate surface area is 144 Å². The van der Waals surface area contributed by atoms with E-state index in [0.717, 1.165) is 12.8 Å². The molecule has 3 aliphatic rings. The fourth-order valence-corrected chi connectivity index (χ4v) is 4.70. The molecular weight excluding hydrogens is 332 g/mol. The highest BCUT2D eigenvalue weighted by atomic mass is 35.5. The second kappa shape index (κ2) is 5.59. The normalized spacial score (nSPS) is 34.1. The molecule has 2 aliphatic carbocycles. The van der Waals surface area contributed by atoms with Gasteiger partial charge in [0.2, 0.25) is 5.78 Å². The number of Topliss-reactive ketones (excluding diaryl/α,β-unsaturated/α-hetero) is 1. The van der Waals surface area contributed by atoms with E-state index >= 15 is 0 Å². The summed E-state index contributed by atoms with van der Waals surface area (Å²) in [6.07, 6.45) is 0.617. The van der Waals surface area contributed by atoms with E-state index in [1.54, 1.807) is 31.2 Å². The minimum absolute atomic E-state index is 0.0259. The highest BCUT2D eigenvalue weighted by Gasteiger charge is 2.64. The van der Waals surface area contributed by atoms with E-state index in [-0.39, 0.29) is 29.7 Å². The Morgan fingerprint density at radius 3 is 2.88 bits per heavy atom. The van der Waals surface area contributed by atoms with Crippen LogP contribution in [0.3, 0.4) is 0 Å². The molecule has 1 aromatic rings. The number of carbonyl (C=O) groups is 3. The molecule has 4 rings (SSSR count). The Morgan fingerprint density at radius 2 is 2.12 bits per heavy atom. The van der Waals surface area contributed by atoms with Gasteiger partial charge in [-0.1, -0.05) is 23.7 Å². The molecule has 0 unspecified atom stereocenters. The third kappa shape index (κ3) is 2.34. The summed E-state index contributed by atoms with van der Waals surface area (Å²) in [5, 5.41) is 0.451. The first-order valence-corrected chi connectivity index (χ1v) is 8.54.